The number of ketones is 1. The molecule has 0 saturated carbocycles. The standard InChI is InChI=1S/C23H14ClFO4/c1-13-10-16(28-23(27)17-4-2-3-5-18(17)24)12-19-21(13)22(26)20(29-19)11-14-6-8-15(25)9-7-14/h2-12H,1H3/b20-11-. The molecule has 6 heteroatoms. The molecule has 0 amide bonds. The van der Waals surface area contributed by atoms with Crippen LogP contribution >= 0.6 is 11.6 Å². The number of Topliss-reactive ketones (excluding diaryl/α,β-unsaturated/α-hetero) is 1. The SMILES string of the molecule is Cc1cc(OC(=O)c2ccccc2Cl)cc2c1C(=O)/C(=C/c1ccc(F)cc1)O2. The highest BCUT2D eigenvalue weighted by atomic mass is 35.5. The summed E-state index contributed by atoms with van der Waals surface area (Å²) in [5.74, 6) is -0.612. The molecule has 29 heavy (non-hydrogen) atoms. The van der Waals surface area contributed by atoms with Gasteiger partial charge in [0.1, 0.15) is 17.3 Å². The molecular weight excluding hydrogens is 395 g/mol. The van der Waals surface area contributed by atoms with Gasteiger partial charge in [-0.05, 0) is 54.5 Å². The Morgan fingerprint density at radius 2 is 1.83 bits per heavy atom. The molecule has 0 bridgehead atoms. The smallest absolute Gasteiger partial charge is 0.345 e. The highest BCUT2D eigenvalue weighted by Gasteiger charge is 2.30. The van der Waals surface area contributed by atoms with Crippen LogP contribution in [0, 0.1) is 12.7 Å². The zero-order chi connectivity index (χ0) is 20.5. The zero-order valence-corrected chi connectivity index (χ0v) is 16.0. The zero-order valence-electron chi connectivity index (χ0n) is 15.2. The van der Waals surface area contributed by atoms with E-state index in [-0.39, 0.29) is 33.7 Å². The fourth-order valence-corrected chi connectivity index (χ4v) is 3.25. The van der Waals surface area contributed by atoms with E-state index in [0.717, 1.165) is 0 Å². The van der Waals surface area contributed by atoms with Crippen molar-refractivity contribution in [1.82, 2.24) is 0 Å². The maximum absolute atomic E-state index is 13.1. The van der Waals surface area contributed by atoms with Crippen molar-refractivity contribution in [2.75, 3.05) is 0 Å². The van der Waals surface area contributed by atoms with Gasteiger partial charge in [0.25, 0.3) is 0 Å². The maximum atomic E-state index is 13.1. The number of hydrogen-bond acceptors (Lipinski definition) is 4. The minimum atomic E-state index is -0.610. The van der Waals surface area contributed by atoms with Gasteiger partial charge >= 0.3 is 5.97 Å². The predicted octanol–water partition coefficient (Wildman–Crippen LogP) is 5.62. The molecule has 4 nitrogen and oxygen atoms in total. The number of aryl methyl sites for hydroxylation is 1. The van der Waals surface area contributed by atoms with E-state index < -0.39 is 5.97 Å². The highest BCUT2D eigenvalue weighted by molar-refractivity contribution is 6.33. The Kier molecular flexibility index (Phi) is 4.91. The maximum Gasteiger partial charge on any atom is 0.345 e. The molecule has 0 aliphatic carbocycles. The lowest BCUT2D eigenvalue weighted by Gasteiger charge is -2.08. The quantitative estimate of drug-likeness (QED) is 0.320. The van der Waals surface area contributed by atoms with Gasteiger partial charge in [-0.3, -0.25) is 4.79 Å². The molecule has 0 saturated heterocycles. The van der Waals surface area contributed by atoms with Gasteiger partial charge in [-0.2, -0.15) is 0 Å². The number of halogens is 2. The molecule has 4 rings (SSSR count). The van der Waals surface area contributed by atoms with E-state index in [1.165, 1.54) is 24.3 Å². The van der Waals surface area contributed by atoms with E-state index >= 15 is 0 Å². The van der Waals surface area contributed by atoms with Gasteiger partial charge in [-0.25, -0.2) is 9.18 Å². The first-order valence-electron chi connectivity index (χ1n) is 8.73. The van der Waals surface area contributed by atoms with Crippen molar-refractivity contribution in [2.24, 2.45) is 0 Å². The topological polar surface area (TPSA) is 52.6 Å². The third-order valence-electron chi connectivity index (χ3n) is 4.42. The second kappa shape index (κ2) is 7.53. The lowest BCUT2D eigenvalue weighted by Crippen LogP contribution is -2.09. The first-order valence-corrected chi connectivity index (χ1v) is 9.11. The van der Waals surface area contributed by atoms with Crippen molar-refractivity contribution in [1.29, 1.82) is 0 Å². The summed E-state index contributed by atoms with van der Waals surface area (Å²) in [7, 11) is 0. The molecule has 1 heterocycles. The fraction of sp³-hybridized carbons (Fsp3) is 0.0435. The van der Waals surface area contributed by atoms with E-state index in [4.69, 9.17) is 21.1 Å². The lowest BCUT2D eigenvalue weighted by atomic mass is 10.0. The molecule has 0 spiro atoms. The number of carbonyl (C=O) groups excluding carboxylic acids is 2. The molecule has 0 unspecified atom stereocenters. The molecule has 0 fully saturated rings. The molecule has 0 aromatic heterocycles. The van der Waals surface area contributed by atoms with Crippen LogP contribution in [0.2, 0.25) is 5.02 Å². The molecule has 1 aliphatic heterocycles. The summed E-state index contributed by atoms with van der Waals surface area (Å²) >= 11 is 6.03. The molecule has 0 radical (unpaired) electrons. The Morgan fingerprint density at radius 1 is 1.10 bits per heavy atom. The van der Waals surface area contributed by atoms with Crippen molar-refractivity contribution in [2.45, 2.75) is 6.92 Å². The minimum absolute atomic E-state index is 0.115. The third kappa shape index (κ3) is 3.77. The van der Waals surface area contributed by atoms with Crippen LogP contribution in [0.3, 0.4) is 0 Å². The molecule has 0 N–H and O–H groups in total. The van der Waals surface area contributed by atoms with Gasteiger partial charge in [-0.15, -0.1) is 0 Å². The fourth-order valence-electron chi connectivity index (χ4n) is 3.04. The van der Waals surface area contributed by atoms with Crippen LogP contribution in [0.25, 0.3) is 6.08 Å². The van der Waals surface area contributed by atoms with Crippen molar-refractivity contribution in [3.63, 3.8) is 0 Å². The number of carbonyl (C=O) groups is 2. The Balaban J connectivity index is 1.62. The van der Waals surface area contributed by atoms with Crippen LogP contribution in [0.15, 0.2) is 66.4 Å². The first kappa shape index (κ1) is 18.9. The van der Waals surface area contributed by atoms with Crippen molar-refractivity contribution < 1.29 is 23.5 Å². The third-order valence-corrected chi connectivity index (χ3v) is 4.75. The van der Waals surface area contributed by atoms with E-state index in [1.54, 1.807) is 49.4 Å². The molecule has 144 valence electrons. The van der Waals surface area contributed by atoms with E-state index in [9.17, 15) is 14.0 Å². The van der Waals surface area contributed by atoms with Crippen LogP contribution in [-0.2, 0) is 0 Å². The molecule has 3 aromatic rings. The van der Waals surface area contributed by atoms with Gasteiger partial charge in [-0.1, -0.05) is 35.9 Å². The summed E-state index contributed by atoms with van der Waals surface area (Å²) in [6.07, 6.45) is 1.54. The van der Waals surface area contributed by atoms with Crippen molar-refractivity contribution >= 4 is 29.4 Å². The summed E-state index contributed by atoms with van der Waals surface area (Å²) in [5, 5.41) is 0.284. The lowest BCUT2D eigenvalue weighted by molar-refractivity contribution is 0.0734. The molecular formula is C23H14ClFO4. The number of fused-ring (bicyclic) bond motifs is 1. The average molecular weight is 409 g/mol. The monoisotopic (exact) mass is 408 g/mol. The predicted molar refractivity (Wildman–Crippen MR) is 107 cm³/mol. The Hall–Kier alpha value is -3.44. The number of benzene rings is 3. The number of allylic oxidation sites excluding steroid dienone is 1. The summed E-state index contributed by atoms with van der Waals surface area (Å²) in [6, 6.07) is 15.3. The van der Waals surface area contributed by atoms with E-state index in [0.29, 0.717) is 22.4 Å². The number of esters is 1. The van der Waals surface area contributed by atoms with Gasteiger partial charge in [0, 0.05) is 6.07 Å². The van der Waals surface area contributed by atoms with Crippen LogP contribution in [0.5, 0.6) is 11.5 Å². The molecule has 3 aromatic carbocycles. The Labute approximate surface area is 171 Å². The van der Waals surface area contributed by atoms with Crippen LogP contribution in [0.4, 0.5) is 4.39 Å². The van der Waals surface area contributed by atoms with Crippen molar-refractivity contribution in [3.8, 4) is 11.5 Å². The van der Waals surface area contributed by atoms with E-state index in [1.807, 2.05) is 0 Å². The minimum Gasteiger partial charge on any atom is -0.452 e. The average Bonchev–Trinajstić information content (AvgIpc) is 2.99. The van der Waals surface area contributed by atoms with Crippen LogP contribution in [-0.4, -0.2) is 11.8 Å². The second-order valence-electron chi connectivity index (χ2n) is 6.47. The first-order chi connectivity index (χ1) is 13.9. The highest BCUT2D eigenvalue weighted by Crippen LogP contribution is 2.37. The normalized spacial score (nSPS) is 13.9. The largest absolute Gasteiger partial charge is 0.452 e. The van der Waals surface area contributed by atoms with Gasteiger partial charge in [0.05, 0.1) is 16.1 Å². The van der Waals surface area contributed by atoms with Crippen molar-refractivity contribution in [3.05, 3.63) is 99.5 Å². The summed E-state index contributed by atoms with van der Waals surface area (Å²) in [6.45, 7) is 1.73. The van der Waals surface area contributed by atoms with E-state index in [2.05, 4.69) is 0 Å². The van der Waals surface area contributed by atoms with Crippen LogP contribution in [0.1, 0.15) is 31.8 Å². The Bertz CT molecular complexity index is 1170. The summed E-state index contributed by atoms with van der Waals surface area (Å²) in [4.78, 5) is 25.1. The van der Waals surface area contributed by atoms with Gasteiger partial charge in [0.2, 0.25) is 5.78 Å². The summed E-state index contributed by atoms with van der Waals surface area (Å²) in [5.41, 5.74) is 1.87. The summed E-state index contributed by atoms with van der Waals surface area (Å²) < 4.78 is 24.2. The Morgan fingerprint density at radius 3 is 2.55 bits per heavy atom. The number of ether oxygens (including phenoxy) is 2. The van der Waals surface area contributed by atoms with Crippen LogP contribution < -0.4 is 9.47 Å². The second-order valence-corrected chi connectivity index (χ2v) is 6.88. The molecule has 0 atom stereocenters. The van der Waals surface area contributed by atoms with Gasteiger partial charge in [0.15, 0.2) is 5.76 Å². The molecule has 1 aliphatic rings. The number of rotatable bonds is 3. The van der Waals surface area contributed by atoms with Gasteiger partial charge < -0.3 is 9.47 Å². The number of hydrogen-bond donors (Lipinski definition) is 0.